The highest BCUT2D eigenvalue weighted by molar-refractivity contribution is 6.12. The van der Waals surface area contributed by atoms with Gasteiger partial charge in [-0.1, -0.05) is 20.8 Å². The summed E-state index contributed by atoms with van der Waals surface area (Å²) >= 11 is 0. The fourth-order valence-electron chi connectivity index (χ4n) is 5.70. The molecule has 3 aromatic heterocycles. The smallest absolute Gasteiger partial charge is 0.169 e. The lowest BCUT2D eigenvalue weighted by atomic mass is 9.92. The zero-order valence-corrected chi connectivity index (χ0v) is 19.9. The third kappa shape index (κ3) is 2.95. The Kier molecular flexibility index (Phi) is 4.28. The number of allylic oxidation sites excluding steroid dienone is 3. The van der Waals surface area contributed by atoms with Crippen molar-refractivity contribution >= 4 is 29.6 Å². The van der Waals surface area contributed by atoms with Crippen molar-refractivity contribution in [1.29, 1.82) is 0 Å². The predicted molar refractivity (Wildman–Crippen MR) is 133 cm³/mol. The Morgan fingerprint density at radius 1 is 0.939 bits per heavy atom. The molecule has 0 aromatic carbocycles. The van der Waals surface area contributed by atoms with Crippen LogP contribution in [0.1, 0.15) is 77.0 Å². The van der Waals surface area contributed by atoms with Gasteiger partial charge in [-0.25, -0.2) is 0 Å². The maximum absolute atomic E-state index is 12.9. The molecule has 3 aromatic rings. The number of carbonyl (C=O) groups is 1. The van der Waals surface area contributed by atoms with Gasteiger partial charge in [0.25, 0.3) is 0 Å². The van der Waals surface area contributed by atoms with Crippen LogP contribution >= 0.6 is 0 Å². The molecule has 5 nitrogen and oxygen atoms in total. The highest BCUT2D eigenvalue weighted by Crippen LogP contribution is 2.42. The van der Waals surface area contributed by atoms with E-state index in [0.29, 0.717) is 18.3 Å². The van der Waals surface area contributed by atoms with Gasteiger partial charge in [-0.15, -0.1) is 0 Å². The molecule has 33 heavy (non-hydrogen) atoms. The van der Waals surface area contributed by atoms with Gasteiger partial charge in [0.2, 0.25) is 0 Å². The highest BCUT2D eigenvalue weighted by Gasteiger charge is 2.36. The van der Waals surface area contributed by atoms with Crippen molar-refractivity contribution < 1.29 is 4.79 Å². The van der Waals surface area contributed by atoms with Gasteiger partial charge in [0, 0.05) is 68.6 Å². The molecule has 0 spiro atoms. The molecule has 2 aliphatic heterocycles. The minimum Gasteiger partial charge on any atom is -0.361 e. The van der Waals surface area contributed by atoms with E-state index in [4.69, 9.17) is 0 Å². The van der Waals surface area contributed by atoms with Crippen LogP contribution in [0, 0.1) is 25.7 Å². The normalized spacial score (nSPS) is 26.9. The van der Waals surface area contributed by atoms with Crippen molar-refractivity contribution in [3.63, 3.8) is 0 Å². The molecule has 1 saturated heterocycles. The minimum absolute atomic E-state index is 0.195. The maximum atomic E-state index is 12.9. The Labute approximate surface area is 193 Å². The Bertz CT molecular complexity index is 1520. The molecule has 0 unspecified atom stereocenters. The van der Waals surface area contributed by atoms with E-state index in [2.05, 4.69) is 79.2 Å². The van der Waals surface area contributed by atoms with Crippen LogP contribution in [-0.4, -0.2) is 20.7 Å². The molecule has 168 valence electrons. The largest absolute Gasteiger partial charge is 0.361 e. The molecule has 3 aliphatic rings. The van der Waals surface area contributed by atoms with Crippen molar-refractivity contribution in [2.24, 2.45) is 11.8 Å². The summed E-state index contributed by atoms with van der Waals surface area (Å²) in [5, 5.41) is 5.92. The average Bonchev–Trinajstić information content (AvgIpc) is 3.54. The number of aromatic amines is 3. The van der Waals surface area contributed by atoms with Crippen LogP contribution in [0.4, 0.5) is 0 Å². The quantitative estimate of drug-likeness (QED) is 0.463. The van der Waals surface area contributed by atoms with Gasteiger partial charge in [0.15, 0.2) is 5.78 Å². The number of hydrogen-bond donors (Lipinski definition) is 4. The minimum atomic E-state index is 0.195. The molecule has 8 bridgehead atoms. The maximum Gasteiger partial charge on any atom is 0.169 e. The number of fused-ring (bicyclic) bond motifs is 7. The number of nitrogens with one attached hydrogen (secondary N) is 4. The van der Waals surface area contributed by atoms with Gasteiger partial charge in [0.1, 0.15) is 0 Å². The molecule has 1 fully saturated rings. The topological polar surface area (TPSA) is 76.5 Å². The van der Waals surface area contributed by atoms with E-state index in [1.807, 2.05) is 6.07 Å². The summed E-state index contributed by atoms with van der Waals surface area (Å²) in [4.78, 5) is 23.7. The Balaban J connectivity index is 1.68. The van der Waals surface area contributed by atoms with E-state index in [1.54, 1.807) is 0 Å². The third-order valence-corrected chi connectivity index (χ3v) is 7.86. The number of carbonyl (C=O) groups excluding carboxylic acids is 1. The van der Waals surface area contributed by atoms with Gasteiger partial charge in [0.05, 0.1) is 5.69 Å². The monoisotopic (exact) mass is 438 g/mol. The Morgan fingerprint density at radius 3 is 2.48 bits per heavy atom. The first-order valence-electron chi connectivity index (χ1n) is 11.9. The second kappa shape index (κ2) is 7.01. The first-order valence-corrected chi connectivity index (χ1v) is 11.9. The number of H-pyrrole nitrogens is 3. The fourth-order valence-corrected chi connectivity index (χ4v) is 5.70. The molecule has 4 N–H and O–H groups in total. The van der Waals surface area contributed by atoms with Crippen LogP contribution in [0.3, 0.4) is 0 Å². The van der Waals surface area contributed by atoms with E-state index in [-0.39, 0.29) is 5.78 Å². The van der Waals surface area contributed by atoms with Gasteiger partial charge in [-0.05, 0) is 67.3 Å². The second-order valence-corrected chi connectivity index (χ2v) is 9.83. The lowest BCUT2D eigenvalue weighted by Gasteiger charge is -2.11. The molecule has 0 amide bonds. The van der Waals surface area contributed by atoms with E-state index >= 15 is 0 Å². The third-order valence-electron chi connectivity index (χ3n) is 7.86. The summed E-state index contributed by atoms with van der Waals surface area (Å²) in [6.45, 7) is 11.0. The van der Waals surface area contributed by atoms with Crippen molar-refractivity contribution in [2.75, 3.05) is 0 Å². The van der Waals surface area contributed by atoms with Crippen molar-refractivity contribution in [2.45, 2.75) is 47.5 Å². The lowest BCUT2D eigenvalue weighted by Crippen LogP contribution is -2.12. The van der Waals surface area contributed by atoms with E-state index in [1.165, 1.54) is 28.1 Å². The van der Waals surface area contributed by atoms with E-state index in [0.717, 1.165) is 51.0 Å². The Hall–Kier alpha value is -3.47. The Morgan fingerprint density at radius 2 is 1.70 bits per heavy atom. The summed E-state index contributed by atoms with van der Waals surface area (Å²) < 4.78 is 0. The average molecular weight is 439 g/mol. The van der Waals surface area contributed by atoms with E-state index in [9.17, 15) is 4.79 Å². The molecule has 5 heterocycles. The summed E-state index contributed by atoms with van der Waals surface area (Å²) in [6, 6.07) is 4.23. The lowest BCUT2D eigenvalue weighted by molar-refractivity contribution is 0.100. The van der Waals surface area contributed by atoms with Crippen LogP contribution in [0.2, 0.25) is 0 Å². The van der Waals surface area contributed by atoms with Crippen LogP contribution < -0.4 is 16.0 Å². The van der Waals surface area contributed by atoms with Crippen molar-refractivity contribution in [3.8, 4) is 0 Å². The van der Waals surface area contributed by atoms with Gasteiger partial charge >= 0.3 is 0 Å². The van der Waals surface area contributed by atoms with Crippen LogP contribution in [0.25, 0.3) is 23.8 Å². The van der Waals surface area contributed by atoms with Crippen LogP contribution in [-0.2, 0) is 6.42 Å². The standard InChI is InChI=1S/C28H30N4O/c1-6-19-16(5)23-9-17-7-13(2)22(29-17)12-24-14(3)15(4)27(32-24)21-11-26(33)20-8-18(30-28(20)21)10-25(19)31-23/h7-10,12,14-15,29-32H,6,11H2,1-5H3/b23-9-,24-12-,25-10-,27-21-/t14-,15-/m0/s1. The first-order chi connectivity index (χ1) is 15.8. The predicted octanol–water partition coefficient (Wildman–Crippen LogP) is 4.04. The molecule has 2 atom stereocenters. The number of Topliss-reactive ketones (excluding diaryl/α,β-unsaturated/α-hetero) is 1. The van der Waals surface area contributed by atoms with Crippen LogP contribution in [0.5, 0.6) is 0 Å². The number of ketones is 1. The zero-order valence-electron chi connectivity index (χ0n) is 19.9. The number of aryl methyl sites for hydroxylation is 1. The molecular weight excluding hydrogens is 408 g/mol. The summed E-state index contributed by atoms with van der Waals surface area (Å²) in [6.07, 6.45) is 7.98. The molecule has 6 rings (SSSR count). The summed E-state index contributed by atoms with van der Waals surface area (Å²) in [7, 11) is 0. The van der Waals surface area contributed by atoms with Crippen molar-refractivity contribution in [1.82, 2.24) is 20.3 Å². The van der Waals surface area contributed by atoms with Crippen molar-refractivity contribution in [3.05, 3.63) is 79.3 Å². The zero-order chi connectivity index (χ0) is 23.0. The first kappa shape index (κ1) is 20.2. The molecule has 5 heteroatoms. The SMILES string of the molecule is CCc1c(C)/c2[nH]/c1=C\c1cc3c([nH]1)/C(=C1\N/C(=C\c4[nH]c(cc4C)\C=2)[C@@H](C)[C@@H]1C)CC3=O. The summed E-state index contributed by atoms with van der Waals surface area (Å²) in [5.41, 5.74) is 12.2. The summed E-state index contributed by atoms with van der Waals surface area (Å²) in [5.74, 6) is 0.858. The van der Waals surface area contributed by atoms with Gasteiger partial charge in [-0.3, -0.25) is 4.79 Å². The molecule has 1 aliphatic carbocycles. The number of rotatable bonds is 1. The van der Waals surface area contributed by atoms with Gasteiger partial charge in [-0.2, -0.15) is 0 Å². The van der Waals surface area contributed by atoms with E-state index < -0.39 is 0 Å². The van der Waals surface area contributed by atoms with Crippen LogP contribution in [0.15, 0.2) is 23.5 Å². The van der Waals surface area contributed by atoms with Gasteiger partial charge < -0.3 is 20.3 Å². The highest BCUT2D eigenvalue weighted by atomic mass is 16.1. The molecular formula is C28H30N4O. The molecule has 0 saturated carbocycles. The second-order valence-electron chi connectivity index (χ2n) is 9.83. The molecule has 0 radical (unpaired) electrons. The number of hydrogen-bond acceptors (Lipinski definition) is 2. The number of aromatic nitrogens is 3. The fraction of sp³-hybridized carbons (Fsp3) is 0.321.